The van der Waals surface area contributed by atoms with E-state index in [1.807, 2.05) is 0 Å². The molecule has 0 heterocycles. The summed E-state index contributed by atoms with van der Waals surface area (Å²) in [6, 6.07) is 86.8. The average Bonchev–Trinajstić information content (AvgIpc) is 3.58. The summed E-state index contributed by atoms with van der Waals surface area (Å²) >= 11 is 0. The molecule has 0 saturated heterocycles. The van der Waals surface area contributed by atoms with E-state index in [-0.39, 0.29) is 5.41 Å². The van der Waals surface area contributed by atoms with E-state index in [2.05, 4.69) is 255 Å². The van der Waals surface area contributed by atoms with Crippen LogP contribution in [0.1, 0.15) is 25.0 Å². The number of benzene rings is 10. The van der Waals surface area contributed by atoms with E-state index in [0.717, 1.165) is 17.1 Å². The first-order valence-corrected chi connectivity index (χ1v) is 21.6. The molecule has 0 unspecified atom stereocenters. The fraction of sp³-hybridized carbons (Fsp3) is 0.0492. The highest BCUT2D eigenvalue weighted by Gasteiger charge is 2.38. The van der Waals surface area contributed by atoms with Crippen LogP contribution in [0.4, 0.5) is 17.1 Å². The molecule has 0 radical (unpaired) electrons. The van der Waals surface area contributed by atoms with E-state index >= 15 is 0 Å². The van der Waals surface area contributed by atoms with Crippen LogP contribution in [0, 0.1) is 0 Å². The maximum Gasteiger partial charge on any atom is 0.0546 e. The van der Waals surface area contributed by atoms with Gasteiger partial charge in [-0.1, -0.05) is 220 Å². The second-order valence-corrected chi connectivity index (χ2v) is 16.8. The van der Waals surface area contributed by atoms with Crippen LogP contribution in [0.5, 0.6) is 0 Å². The Morgan fingerprint density at radius 3 is 1.60 bits per heavy atom. The smallest absolute Gasteiger partial charge is 0.0546 e. The summed E-state index contributed by atoms with van der Waals surface area (Å²) < 4.78 is 0. The van der Waals surface area contributed by atoms with Gasteiger partial charge in [-0.15, -0.1) is 0 Å². The minimum atomic E-state index is -0.222. The molecule has 0 N–H and O–H groups in total. The van der Waals surface area contributed by atoms with Crippen molar-refractivity contribution in [1.29, 1.82) is 0 Å². The van der Waals surface area contributed by atoms with Gasteiger partial charge in [0.05, 0.1) is 11.4 Å². The molecule has 62 heavy (non-hydrogen) atoms. The van der Waals surface area contributed by atoms with Crippen molar-refractivity contribution >= 4 is 27.8 Å². The van der Waals surface area contributed by atoms with Crippen LogP contribution in [0.15, 0.2) is 237 Å². The molecule has 10 aromatic rings. The fourth-order valence-corrected chi connectivity index (χ4v) is 10.1. The molecule has 1 aliphatic carbocycles. The van der Waals surface area contributed by atoms with Crippen molar-refractivity contribution in [2.75, 3.05) is 4.90 Å². The third-order valence-electron chi connectivity index (χ3n) is 12.9. The number of fused-ring (bicyclic) bond motifs is 4. The molecule has 0 bridgehead atoms. The molecule has 0 saturated carbocycles. The average molecular weight is 792 g/mol. The molecule has 0 aromatic heterocycles. The van der Waals surface area contributed by atoms with Gasteiger partial charge < -0.3 is 4.90 Å². The third kappa shape index (κ3) is 6.25. The fourth-order valence-electron chi connectivity index (χ4n) is 10.1. The zero-order valence-electron chi connectivity index (χ0n) is 35.0. The van der Waals surface area contributed by atoms with Gasteiger partial charge in [0.15, 0.2) is 0 Å². The zero-order valence-corrected chi connectivity index (χ0v) is 35.0. The van der Waals surface area contributed by atoms with Crippen molar-refractivity contribution in [2.24, 2.45) is 0 Å². The maximum atomic E-state index is 2.51. The SMILES string of the molecule is CC1(C)c2ccccc2-c2cccc(-c3cc(-c4cccc5ccccc45)ccc3N(c3ccccc3)c3cccc(-c4ccccc4)c3-c3ccccc3-c3ccccc3)c21. The molecule has 1 aliphatic rings. The highest BCUT2D eigenvalue weighted by atomic mass is 15.1. The number of anilines is 3. The van der Waals surface area contributed by atoms with Gasteiger partial charge in [0.1, 0.15) is 0 Å². The molecule has 0 aliphatic heterocycles. The van der Waals surface area contributed by atoms with Gasteiger partial charge in [0.25, 0.3) is 0 Å². The lowest BCUT2D eigenvalue weighted by Crippen LogP contribution is -2.17. The summed E-state index contributed by atoms with van der Waals surface area (Å²) in [5.74, 6) is 0. The van der Waals surface area contributed by atoms with Crippen molar-refractivity contribution in [3.63, 3.8) is 0 Å². The molecular weight excluding hydrogens is 747 g/mol. The Kier molecular flexibility index (Phi) is 9.24. The van der Waals surface area contributed by atoms with Crippen molar-refractivity contribution in [2.45, 2.75) is 19.3 Å². The van der Waals surface area contributed by atoms with Crippen LogP contribution in [0.3, 0.4) is 0 Å². The van der Waals surface area contributed by atoms with Gasteiger partial charge in [-0.3, -0.25) is 0 Å². The first-order chi connectivity index (χ1) is 30.6. The Balaban J connectivity index is 1.25. The molecule has 1 nitrogen and oxygen atoms in total. The summed E-state index contributed by atoms with van der Waals surface area (Å²) in [4.78, 5) is 2.51. The minimum absolute atomic E-state index is 0.222. The Morgan fingerprint density at radius 2 is 0.839 bits per heavy atom. The van der Waals surface area contributed by atoms with Crippen molar-refractivity contribution in [3.05, 3.63) is 248 Å². The lowest BCUT2D eigenvalue weighted by atomic mass is 9.78. The number of hydrogen-bond donors (Lipinski definition) is 0. The molecule has 0 atom stereocenters. The first-order valence-electron chi connectivity index (χ1n) is 21.6. The number of nitrogens with zero attached hydrogens (tertiary/aromatic N) is 1. The van der Waals surface area contributed by atoms with Crippen LogP contribution in [-0.4, -0.2) is 0 Å². The summed E-state index contributed by atoms with van der Waals surface area (Å²) in [6.07, 6.45) is 0. The molecule has 0 amide bonds. The summed E-state index contributed by atoms with van der Waals surface area (Å²) in [5.41, 5.74) is 20.4. The van der Waals surface area contributed by atoms with E-state index in [4.69, 9.17) is 0 Å². The molecule has 1 heteroatoms. The van der Waals surface area contributed by atoms with Crippen LogP contribution in [0.2, 0.25) is 0 Å². The largest absolute Gasteiger partial charge is 0.309 e. The van der Waals surface area contributed by atoms with Gasteiger partial charge in [-0.25, -0.2) is 0 Å². The van der Waals surface area contributed by atoms with E-state index in [1.54, 1.807) is 0 Å². The summed E-state index contributed by atoms with van der Waals surface area (Å²) in [6.45, 7) is 4.79. The van der Waals surface area contributed by atoms with Crippen LogP contribution in [0.25, 0.3) is 77.5 Å². The Labute approximate surface area is 364 Å². The van der Waals surface area contributed by atoms with Crippen molar-refractivity contribution < 1.29 is 0 Å². The van der Waals surface area contributed by atoms with Gasteiger partial charge in [-0.2, -0.15) is 0 Å². The normalized spacial score (nSPS) is 12.5. The third-order valence-corrected chi connectivity index (χ3v) is 12.9. The number of hydrogen-bond acceptors (Lipinski definition) is 1. The lowest BCUT2D eigenvalue weighted by molar-refractivity contribution is 0.662. The van der Waals surface area contributed by atoms with E-state index < -0.39 is 0 Å². The Morgan fingerprint density at radius 1 is 0.323 bits per heavy atom. The van der Waals surface area contributed by atoms with E-state index in [9.17, 15) is 0 Å². The van der Waals surface area contributed by atoms with Gasteiger partial charge in [-0.05, 0) is 108 Å². The van der Waals surface area contributed by atoms with Gasteiger partial charge in [0.2, 0.25) is 0 Å². The molecular formula is C61H45N. The Bertz CT molecular complexity index is 3250. The highest BCUT2D eigenvalue weighted by molar-refractivity contribution is 6.05. The summed E-state index contributed by atoms with van der Waals surface area (Å²) in [7, 11) is 0. The van der Waals surface area contributed by atoms with Gasteiger partial charge >= 0.3 is 0 Å². The molecule has 0 spiro atoms. The van der Waals surface area contributed by atoms with Gasteiger partial charge in [0, 0.05) is 22.2 Å². The van der Waals surface area contributed by atoms with E-state index in [1.165, 1.54) is 88.7 Å². The van der Waals surface area contributed by atoms with Crippen LogP contribution in [-0.2, 0) is 5.41 Å². The quantitative estimate of drug-likeness (QED) is 0.148. The zero-order chi connectivity index (χ0) is 41.6. The number of para-hydroxylation sites is 1. The second-order valence-electron chi connectivity index (χ2n) is 16.8. The van der Waals surface area contributed by atoms with Crippen molar-refractivity contribution in [1.82, 2.24) is 0 Å². The summed E-state index contributed by atoms with van der Waals surface area (Å²) in [5, 5.41) is 2.48. The standard InChI is InChI=1S/C61H45N/c1-61(2)56-37-17-16-31-51(56)53-35-19-36-54(60(53)61)55-41-45(49-33-18-26-43-25-12-13-29-47(43)49)39-40-57(55)62(46-27-10-5-11-28-46)58-38-20-34-50(44-23-8-4-9-24-44)59(58)52-32-15-14-30-48(52)42-21-6-3-7-22-42/h3-41H,1-2H3. The molecule has 0 fully saturated rings. The number of rotatable bonds is 8. The lowest BCUT2D eigenvalue weighted by Gasteiger charge is -2.33. The molecule has 294 valence electrons. The van der Waals surface area contributed by atoms with Crippen molar-refractivity contribution in [3.8, 4) is 66.8 Å². The van der Waals surface area contributed by atoms with Crippen LogP contribution >= 0.6 is 0 Å². The van der Waals surface area contributed by atoms with Crippen LogP contribution < -0.4 is 4.90 Å². The van der Waals surface area contributed by atoms with E-state index in [0.29, 0.717) is 0 Å². The Hall–Kier alpha value is -7.74. The predicted molar refractivity (Wildman–Crippen MR) is 263 cm³/mol. The topological polar surface area (TPSA) is 3.24 Å². The second kappa shape index (κ2) is 15.4. The first kappa shape index (κ1) is 37.3. The molecule has 10 aromatic carbocycles. The highest BCUT2D eigenvalue weighted by Crippen LogP contribution is 2.55. The maximum absolute atomic E-state index is 2.51. The predicted octanol–water partition coefficient (Wildman–Crippen LogP) is 17.0. The minimum Gasteiger partial charge on any atom is -0.309 e. The molecule has 11 rings (SSSR count). The monoisotopic (exact) mass is 791 g/mol.